The molecule has 9 heteroatoms. The molecule has 0 atom stereocenters. The van der Waals surface area contributed by atoms with E-state index in [0.29, 0.717) is 28.0 Å². The highest BCUT2D eigenvalue weighted by Crippen LogP contribution is 2.35. The lowest BCUT2D eigenvalue weighted by molar-refractivity contribution is -0.119. The van der Waals surface area contributed by atoms with Gasteiger partial charge in [0.1, 0.15) is 23.6 Å². The Hall–Kier alpha value is -3.10. The van der Waals surface area contributed by atoms with Gasteiger partial charge in [-0.25, -0.2) is 0 Å². The van der Waals surface area contributed by atoms with Crippen molar-refractivity contribution in [2.75, 3.05) is 18.1 Å². The number of aromatic nitrogens is 2. The third-order valence-corrected chi connectivity index (χ3v) is 6.97. The van der Waals surface area contributed by atoms with Crippen molar-refractivity contribution in [2.24, 2.45) is 0 Å². The highest BCUT2D eigenvalue weighted by molar-refractivity contribution is 7.18. The van der Waals surface area contributed by atoms with Gasteiger partial charge in [0.05, 0.1) is 10.6 Å². The van der Waals surface area contributed by atoms with E-state index < -0.39 is 5.79 Å². The maximum atomic E-state index is 13.3. The molecule has 3 aromatic rings. The Morgan fingerprint density at radius 1 is 1.17 bits per heavy atom. The van der Waals surface area contributed by atoms with Crippen LogP contribution in [0.5, 0.6) is 5.75 Å². The Balaban J connectivity index is 1.55. The number of hydrogen-bond acceptors (Lipinski definition) is 7. The van der Waals surface area contributed by atoms with Gasteiger partial charge in [-0.15, -0.1) is 10.2 Å². The summed E-state index contributed by atoms with van der Waals surface area (Å²) in [6.07, 6.45) is 3.39. The number of carbonyl (C=O) groups excluding carboxylic acids is 1. The lowest BCUT2D eigenvalue weighted by Crippen LogP contribution is -2.32. The number of nitrogens with zero attached hydrogens (tertiary/aromatic N) is 3. The SMILES string of the molecule is CCCCN(C(=O)c1ccccc1Cl)c1nnc(-c2cc(C)c(OCC3=COC(C)(C)O3)c(C)c2)s1. The fourth-order valence-electron chi connectivity index (χ4n) is 3.90. The highest BCUT2D eigenvalue weighted by atomic mass is 35.5. The fourth-order valence-corrected chi connectivity index (χ4v) is 4.97. The largest absolute Gasteiger partial charge is 0.485 e. The number of aryl methyl sites for hydroxylation is 2. The van der Waals surface area contributed by atoms with Crippen LogP contribution in [0.4, 0.5) is 5.13 Å². The number of carbonyl (C=O) groups is 1. The molecule has 0 fully saturated rings. The van der Waals surface area contributed by atoms with Gasteiger partial charge in [-0.1, -0.05) is 48.4 Å². The molecule has 7 nitrogen and oxygen atoms in total. The Morgan fingerprint density at radius 2 is 1.89 bits per heavy atom. The predicted molar refractivity (Wildman–Crippen MR) is 143 cm³/mol. The molecule has 0 bridgehead atoms. The summed E-state index contributed by atoms with van der Waals surface area (Å²) < 4.78 is 17.2. The number of ether oxygens (including phenoxy) is 3. The fraction of sp³-hybridized carbons (Fsp3) is 0.370. The van der Waals surface area contributed by atoms with Crippen LogP contribution in [0.2, 0.25) is 5.02 Å². The maximum Gasteiger partial charge on any atom is 0.261 e. The second-order valence-electron chi connectivity index (χ2n) is 9.11. The molecule has 1 aliphatic heterocycles. The number of benzene rings is 2. The Kier molecular flexibility index (Phi) is 7.85. The first kappa shape index (κ1) is 26.0. The van der Waals surface area contributed by atoms with Crippen LogP contribution < -0.4 is 9.64 Å². The van der Waals surface area contributed by atoms with Crippen molar-refractivity contribution in [1.82, 2.24) is 10.2 Å². The number of unbranched alkanes of at least 4 members (excludes halogenated alkanes) is 1. The minimum atomic E-state index is -0.666. The van der Waals surface area contributed by atoms with Crippen LogP contribution in [0, 0.1) is 13.8 Å². The molecule has 0 spiro atoms. The summed E-state index contributed by atoms with van der Waals surface area (Å²) in [6, 6.07) is 11.1. The van der Waals surface area contributed by atoms with Crippen LogP contribution in [-0.2, 0) is 9.47 Å². The minimum Gasteiger partial charge on any atom is -0.485 e. The Labute approximate surface area is 220 Å². The lowest BCUT2D eigenvalue weighted by atomic mass is 10.1. The van der Waals surface area contributed by atoms with E-state index in [0.717, 1.165) is 40.3 Å². The van der Waals surface area contributed by atoms with Gasteiger partial charge in [-0.2, -0.15) is 0 Å². The lowest BCUT2D eigenvalue weighted by Gasteiger charge is -2.19. The number of amides is 1. The van der Waals surface area contributed by atoms with Crippen molar-refractivity contribution >= 4 is 34.0 Å². The molecule has 1 aliphatic rings. The zero-order valence-electron chi connectivity index (χ0n) is 21.1. The number of anilines is 1. The quantitative estimate of drug-likeness (QED) is 0.300. The van der Waals surface area contributed by atoms with Crippen LogP contribution in [0.15, 0.2) is 48.4 Å². The van der Waals surface area contributed by atoms with Crippen molar-refractivity contribution in [2.45, 2.75) is 53.2 Å². The molecule has 2 aromatic carbocycles. The van der Waals surface area contributed by atoms with Gasteiger partial charge in [0.15, 0.2) is 5.76 Å². The van der Waals surface area contributed by atoms with E-state index in [1.807, 2.05) is 45.9 Å². The molecule has 0 saturated heterocycles. The van der Waals surface area contributed by atoms with E-state index in [9.17, 15) is 4.79 Å². The first-order valence-electron chi connectivity index (χ1n) is 11.9. The molecule has 0 N–H and O–H groups in total. The molecule has 190 valence electrons. The van der Waals surface area contributed by atoms with Crippen molar-refractivity contribution < 1.29 is 19.0 Å². The van der Waals surface area contributed by atoms with E-state index in [1.54, 1.807) is 29.4 Å². The van der Waals surface area contributed by atoms with Gasteiger partial charge < -0.3 is 14.2 Å². The van der Waals surface area contributed by atoms with Gasteiger partial charge in [0.2, 0.25) is 10.9 Å². The van der Waals surface area contributed by atoms with Gasteiger partial charge in [0, 0.05) is 26.0 Å². The van der Waals surface area contributed by atoms with Crippen LogP contribution in [0.25, 0.3) is 10.6 Å². The number of halogens is 1. The summed E-state index contributed by atoms with van der Waals surface area (Å²) in [7, 11) is 0. The Bertz CT molecular complexity index is 1260. The summed E-state index contributed by atoms with van der Waals surface area (Å²) in [5.41, 5.74) is 3.31. The molecular formula is C27H30ClN3O4S. The van der Waals surface area contributed by atoms with E-state index >= 15 is 0 Å². The molecule has 1 amide bonds. The summed E-state index contributed by atoms with van der Waals surface area (Å²) >= 11 is 7.69. The van der Waals surface area contributed by atoms with Crippen molar-refractivity contribution in [3.63, 3.8) is 0 Å². The topological polar surface area (TPSA) is 73.8 Å². The third-order valence-electron chi connectivity index (χ3n) is 5.65. The monoisotopic (exact) mass is 527 g/mol. The van der Waals surface area contributed by atoms with E-state index in [2.05, 4.69) is 17.1 Å². The van der Waals surface area contributed by atoms with E-state index in [1.165, 1.54) is 11.3 Å². The van der Waals surface area contributed by atoms with Crippen LogP contribution >= 0.6 is 22.9 Å². The molecule has 36 heavy (non-hydrogen) atoms. The molecule has 2 heterocycles. The van der Waals surface area contributed by atoms with Gasteiger partial charge in [0.25, 0.3) is 5.91 Å². The minimum absolute atomic E-state index is 0.177. The summed E-state index contributed by atoms with van der Waals surface area (Å²) in [4.78, 5) is 15.0. The predicted octanol–water partition coefficient (Wildman–Crippen LogP) is 6.93. The van der Waals surface area contributed by atoms with Crippen molar-refractivity contribution in [3.05, 3.63) is 70.1 Å². The number of rotatable bonds is 9. The molecule has 0 aliphatic carbocycles. The molecule has 4 rings (SSSR count). The van der Waals surface area contributed by atoms with Crippen LogP contribution in [0.1, 0.15) is 55.1 Å². The van der Waals surface area contributed by atoms with Crippen molar-refractivity contribution in [3.8, 4) is 16.3 Å². The summed E-state index contributed by atoms with van der Waals surface area (Å²) in [6.45, 7) is 10.6. The molecular weight excluding hydrogens is 498 g/mol. The summed E-state index contributed by atoms with van der Waals surface area (Å²) in [5, 5.41) is 10.5. The average molecular weight is 528 g/mol. The maximum absolute atomic E-state index is 13.3. The molecule has 0 saturated carbocycles. The van der Waals surface area contributed by atoms with E-state index in [-0.39, 0.29) is 12.5 Å². The zero-order chi connectivity index (χ0) is 25.9. The van der Waals surface area contributed by atoms with Crippen molar-refractivity contribution in [1.29, 1.82) is 0 Å². The second kappa shape index (κ2) is 10.9. The third kappa shape index (κ3) is 5.82. The molecule has 0 radical (unpaired) electrons. The second-order valence-corrected chi connectivity index (χ2v) is 10.5. The van der Waals surface area contributed by atoms with Crippen LogP contribution in [0.3, 0.4) is 0 Å². The normalized spacial score (nSPS) is 14.1. The van der Waals surface area contributed by atoms with Gasteiger partial charge in [-0.05, 0) is 55.7 Å². The summed E-state index contributed by atoms with van der Waals surface area (Å²) in [5.74, 6) is 0.590. The molecule has 0 unspecified atom stereocenters. The first-order chi connectivity index (χ1) is 17.2. The zero-order valence-corrected chi connectivity index (χ0v) is 22.7. The standard InChI is InChI=1S/C27H30ClN3O4S/c1-6-7-12-31(25(32)21-10-8-9-11-22(21)28)26-30-29-24(36-26)19-13-17(2)23(18(3)14-19)33-15-20-16-34-27(4,5)35-20/h8-11,13-14,16H,6-7,12,15H2,1-5H3. The van der Waals surface area contributed by atoms with Gasteiger partial charge >= 0.3 is 0 Å². The smallest absolute Gasteiger partial charge is 0.261 e. The highest BCUT2D eigenvalue weighted by Gasteiger charge is 2.28. The first-order valence-corrected chi connectivity index (χ1v) is 13.1. The number of hydrogen-bond donors (Lipinski definition) is 0. The van der Waals surface area contributed by atoms with Crippen LogP contribution in [-0.4, -0.2) is 35.0 Å². The van der Waals surface area contributed by atoms with E-state index in [4.69, 9.17) is 25.8 Å². The average Bonchev–Trinajstić information content (AvgIpc) is 3.45. The Morgan fingerprint density at radius 3 is 2.53 bits per heavy atom. The van der Waals surface area contributed by atoms with Gasteiger partial charge in [-0.3, -0.25) is 9.69 Å². The molecule has 1 aromatic heterocycles.